The second-order valence-corrected chi connectivity index (χ2v) is 4.22. The molecule has 2 rings (SSSR count). The van der Waals surface area contributed by atoms with Crippen molar-refractivity contribution in [3.05, 3.63) is 53.6 Å². The van der Waals surface area contributed by atoms with E-state index < -0.39 is 5.91 Å². The molecule has 2 aromatic carbocycles. The summed E-state index contributed by atoms with van der Waals surface area (Å²) in [6.07, 6.45) is 0. The van der Waals surface area contributed by atoms with E-state index in [1.807, 2.05) is 38.2 Å². The zero-order chi connectivity index (χ0) is 13.8. The second kappa shape index (κ2) is 5.44. The Bertz CT molecular complexity index is 592. The highest BCUT2D eigenvalue weighted by Gasteiger charge is 2.06. The number of carbonyl (C=O) groups excluding carboxylic acids is 1. The number of nitrogens with one attached hydrogen (secondary N) is 1. The van der Waals surface area contributed by atoms with E-state index in [1.165, 1.54) is 0 Å². The third-order valence-corrected chi connectivity index (χ3v) is 2.84. The van der Waals surface area contributed by atoms with Crippen LogP contribution in [0.5, 0.6) is 11.5 Å². The molecule has 0 aliphatic rings. The normalized spacial score (nSPS) is 10.0. The van der Waals surface area contributed by atoms with Gasteiger partial charge in [-0.15, -0.1) is 0 Å². The van der Waals surface area contributed by atoms with Crippen molar-refractivity contribution in [2.75, 3.05) is 12.4 Å². The molecule has 0 saturated carbocycles. The molecule has 0 unspecified atom stereocenters. The van der Waals surface area contributed by atoms with Gasteiger partial charge in [0.05, 0.1) is 0 Å². The third kappa shape index (κ3) is 3.04. The number of ether oxygens (including phenoxy) is 1. The average Bonchev–Trinajstić information content (AvgIpc) is 2.39. The lowest BCUT2D eigenvalue weighted by atomic mass is 10.1. The number of carbonyl (C=O) groups is 1. The minimum atomic E-state index is -0.428. The highest BCUT2D eigenvalue weighted by molar-refractivity contribution is 5.94. The molecule has 0 heterocycles. The zero-order valence-corrected chi connectivity index (χ0v) is 10.9. The van der Waals surface area contributed by atoms with Gasteiger partial charge >= 0.3 is 0 Å². The van der Waals surface area contributed by atoms with E-state index in [-0.39, 0.29) is 0 Å². The molecule has 1 amide bonds. The molecule has 0 aromatic heterocycles. The molecule has 0 saturated heterocycles. The number of primary amides is 1. The number of anilines is 1. The third-order valence-electron chi connectivity index (χ3n) is 2.84. The van der Waals surface area contributed by atoms with Gasteiger partial charge in [-0.2, -0.15) is 0 Å². The van der Waals surface area contributed by atoms with Gasteiger partial charge in [-0.05, 0) is 55.0 Å². The molecule has 4 heteroatoms. The largest absolute Gasteiger partial charge is 0.457 e. The monoisotopic (exact) mass is 256 g/mol. The Morgan fingerprint density at radius 3 is 2.26 bits per heavy atom. The number of rotatable bonds is 4. The number of nitrogens with two attached hydrogens (primary N) is 1. The van der Waals surface area contributed by atoms with E-state index in [0.717, 1.165) is 17.0 Å². The Morgan fingerprint density at radius 1 is 1.11 bits per heavy atom. The lowest BCUT2D eigenvalue weighted by Gasteiger charge is -2.09. The second-order valence-electron chi connectivity index (χ2n) is 4.22. The summed E-state index contributed by atoms with van der Waals surface area (Å²) in [6.45, 7) is 1.83. The molecule has 0 aliphatic carbocycles. The predicted molar refractivity (Wildman–Crippen MR) is 75.8 cm³/mol. The van der Waals surface area contributed by atoms with Crippen LogP contribution in [0.1, 0.15) is 15.9 Å². The summed E-state index contributed by atoms with van der Waals surface area (Å²) >= 11 is 0. The lowest BCUT2D eigenvalue weighted by molar-refractivity contribution is 0.0999. The first-order valence-corrected chi connectivity index (χ1v) is 5.96. The van der Waals surface area contributed by atoms with E-state index in [1.54, 1.807) is 18.2 Å². The van der Waals surface area contributed by atoms with Crippen molar-refractivity contribution in [2.45, 2.75) is 6.92 Å². The smallest absolute Gasteiger partial charge is 0.248 e. The summed E-state index contributed by atoms with van der Waals surface area (Å²) < 4.78 is 5.71. The van der Waals surface area contributed by atoms with Gasteiger partial charge in [-0.1, -0.05) is 0 Å². The predicted octanol–water partition coefficient (Wildman–Crippen LogP) is 2.93. The summed E-state index contributed by atoms with van der Waals surface area (Å²) in [5, 5.41) is 3.04. The van der Waals surface area contributed by atoms with Gasteiger partial charge in [-0.3, -0.25) is 4.79 Å². The minimum Gasteiger partial charge on any atom is -0.457 e. The van der Waals surface area contributed by atoms with Crippen LogP contribution in [-0.2, 0) is 0 Å². The Labute approximate surface area is 112 Å². The number of amides is 1. The Morgan fingerprint density at radius 2 is 1.74 bits per heavy atom. The fraction of sp³-hybridized carbons (Fsp3) is 0.133. The van der Waals surface area contributed by atoms with Crippen LogP contribution in [-0.4, -0.2) is 13.0 Å². The van der Waals surface area contributed by atoms with Crippen molar-refractivity contribution in [2.24, 2.45) is 5.73 Å². The summed E-state index contributed by atoms with van der Waals surface area (Å²) in [5.41, 5.74) is 7.60. The van der Waals surface area contributed by atoms with E-state index >= 15 is 0 Å². The molecule has 2 aromatic rings. The van der Waals surface area contributed by atoms with Gasteiger partial charge in [0.25, 0.3) is 0 Å². The van der Waals surface area contributed by atoms with Crippen molar-refractivity contribution in [3.8, 4) is 11.5 Å². The van der Waals surface area contributed by atoms with Gasteiger partial charge in [0.1, 0.15) is 11.5 Å². The maximum absolute atomic E-state index is 11.1. The van der Waals surface area contributed by atoms with Crippen molar-refractivity contribution in [1.29, 1.82) is 0 Å². The first kappa shape index (κ1) is 13.0. The fourth-order valence-corrected chi connectivity index (χ4v) is 1.80. The number of benzene rings is 2. The SMILES string of the molecule is CNc1ccc(Oc2ccc(C(N)=O)c(C)c2)cc1. The Balaban J connectivity index is 2.18. The quantitative estimate of drug-likeness (QED) is 0.884. The summed E-state index contributed by atoms with van der Waals surface area (Å²) in [5.74, 6) is 0.993. The van der Waals surface area contributed by atoms with Crippen molar-refractivity contribution >= 4 is 11.6 Å². The summed E-state index contributed by atoms with van der Waals surface area (Å²) in [4.78, 5) is 11.1. The van der Waals surface area contributed by atoms with Gasteiger partial charge in [0, 0.05) is 18.3 Å². The number of hydrogen-bond acceptors (Lipinski definition) is 3. The molecular formula is C15H16N2O2. The van der Waals surface area contributed by atoms with Crippen LogP contribution in [0.3, 0.4) is 0 Å². The summed E-state index contributed by atoms with van der Waals surface area (Å²) in [7, 11) is 1.86. The van der Waals surface area contributed by atoms with Crippen molar-refractivity contribution in [1.82, 2.24) is 0 Å². The van der Waals surface area contributed by atoms with Gasteiger partial charge in [-0.25, -0.2) is 0 Å². The molecule has 4 nitrogen and oxygen atoms in total. The van der Waals surface area contributed by atoms with E-state index in [9.17, 15) is 4.79 Å². The van der Waals surface area contributed by atoms with E-state index in [4.69, 9.17) is 10.5 Å². The van der Waals surface area contributed by atoms with Gasteiger partial charge < -0.3 is 15.8 Å². The molecule has 0 spiro atoms. The highest BCUT2D eigenvalue weighted by atomic mass is 16.5. The molecular weight excluding hydrogens is 240 g/mol. The first-order valence-electron chi connectivity index (χ1n) is 5.96. The van der Waals surface area contributed by atoms with E-state index in [2.05, 4.69) is 5.32 Å². The molecule has 0 radical (unpaired) electrons. The Kier molecular flexibility index (Phi) is 3.71. The molecule has 0 bridgehead atoms. The molecule has 98 valence electrons. The van der Waals surface area contributed by atoms with Crippen LogP contribution in [0.25, 0.3) is 0 Å². The Hall–Kier alpha value is -2.49. The van der Waals surface area contributed by atoms with Crippen molar-refractivity contribution in [3.63, 3.8) is 0 Å². The minimum absolute atomic E-state index is 0.428. The fourth-order valence-electron chi connectivity index (χ4n) is 1.80. The molecule has 3 N–H and O–H groups in total. The highest BCUT2D eigenvalue weighted by Crippen LogP contribution is 2.24. The van der Waals surface area contributed by atoms with Crippen LogP contribution < -0.4 is 15.8 Å². The van der Waals surface area contributed by atoms with Crippen LogP contribution in [0.15, 0.2) is 42.5 Å². The van der Waals surface area contributed by atoms with Gasteiger partial charge in [0.2, 0.25) is 5.91 Å². The molecule has 0 atom stereocenters. The average molecular weight is 256 g/mol. The van der Waals surface area contributed by atoms with Crippen LogP contribution in [0, 0.1) is 6.92 Å². The van der Waals surface area contributed by atoms with Gasteiger partial charge in [0.15, 0.2) is 0 Å². The van der Waals surface area contributed by atoms with Crippen LogP contribution in [0.2, 0.25) is 0 Å². The molecule has 19 heavy (non-hydrogen) atoms. The number of hydrogen-bond donors (Lipinski definition) is 2. The summed E-state index contributed by atoms with van der Waals surface area (Å²) in [6, 6.07) is 12.8. The van der Waals surface area contributed by atoms with Crippen LogP contribution >= 0.6 is 0 Å². The zero-order valence-electron chi connectivity index (χ0n) is 10.9. The maximum Gasteiger partial charge on any atom is 0.248 e. The van der Waals surface area contributed by atoms with Crippen LogP contribution in [0.4, 0.5) is 5.69 Å². The first-order chi connectivity index (χ1) is 9.10. The topological polar surface area (TPSA) is 64.3 Å². The number of aryl methyl sites for hydroxylation is 1. The molecule has 0 aliphatic heterocycles. The van der Waals surface area contributed by atoms with E-state index in [0.29, 0.717) is 11.3 Å². The van der Waals surface area contributed by atoms with Crippen molar-refractivity contribution < 1.29 is 9.53 Å². The lowest BCUT2D eigenvalue weighted by Crippen LogP contribution is -2.12. The standard InChI is InChI=1S/C15H16N2O2/c1-10-9-13(7-8-14(10)15(16)18)19-12-5-3-11(17-2)4-6-12/h3-9,17H,1-2H3,(H2,16,18). The molecule has 0 fully saturated rings. The maximum atomic E-state index is 11.1.